The van der Waals surface area contributed by atoms with Crippen molar-refractivity contribution in [3.8, 4) is 17.1 Å². The summed E-state index contributed by atoms with van der Waals surface area (Å²) in [6, 6.07) is 12.9. The predicted octanol–water partition coefficient (Wildman–Crippen LogP) is 4.97. The molecule has 3 aromatic rings. The molecule has 0 bridgehead atoms. The number of likely N-dealkylation sites (tertiary alicyclic amines) is 1. The van der Waals surface area contributed by atoms with Gasteiger partial charge >= 0.3 is 0 Å². The summed E-state index contributed by atoms with van der Waals surface area (Å²) in [5, 5.41) is 8.12. The molecule has 1 unspecified atom stereocenters. The number of ether oxygens (including phenoxy) is 1. The van der Waals surface area contributed by atoms with Crippen molar-refractivity contribution in [3.05, 3.63) is 64.0 Å². The molecular formula is C24H26Cl2N4O3. The number of benzene rings is 2. The molecule has 1 atom stereocenters. The summed E-state index contributed by atoms with van der Waals surface area (Å²) in [7, 11) is 0. The van der Waals surface area contributed by atoms with Crippen LogP contribution in [0.1, 0.15) is 31.2 Å². The van der Waals surface area contributed by atoms with Gasteiger partial charge in [-0.25, -0.2) is 0 Å². The number of hydrogen-bond donors (Lipinski definition) is 1. The monoisotopic (exact) mass is 488 g/mol. The highest BCUT2D eigenvalue weighted by Gasteiger charge is 2.27. The summed E-state index contributed by atoms with van der Waals surface area (Å²) in [6.07, 6.45) is 1.80. The first kappa shape index (κ1) is 23.5. The van der Waals surface area contributed by atoms with E-state index in [2.05, 4.69) is 20.4 Å². The lowest BCUT2D eigenvalue weighted by atomic mass is 9.97. The zero-order chi connectivity index (χ0) is 23.2. The third-order valence-corrected chi connectivity index (χ3v) is 6.12. The molecule has 1 N–H and O–H groups in total. The first-order valence-electron chi connectivity index (χ1n) is 11.0. The Kier molecular flexibility index (Phi) is 7.85. The third-order valence-electron chi connectivity index (χ3n) is 5.58. The van der Waals surface area contributed by atoms with Crippen molar-refractivity contribution in [2.24, 2.45) is 5.92 Å². The fraction of sp³-hybridized carbons (Fsp3) is 0.375. The maximum absolute atomic E-state index is 12.8. The maximum Gasteiger partial charge on any atom is 0.241 e. The van der Waals surface area contributed by atoms with E-state index < -0.39 is 0 Å². The fourth-order valence-corrected chi connectivity index (χ4v) is 4.40. The second-order valence-corrected chi connectivity index (χ2v) is 8.85. The lowest BCUT2D eigenvalue weighted by molar-refractivity contribution is -0.127. The average Bonchev–Trinajstić information content (AvgIpc) is 3.27. The van der Waals surface area contributed by atoms with Crippen LogP contribution in [0.2, 0.25) is 10.0 Å². The Hall–Kier alpha value is -2.61. The Balaban J connectivity index is 1.30. The van der Waals surface area contributed by atoms with E-state index in [9.17, 15) is 4.79 Å². The van der Waals surface area contributed by atoms with E-state index in [0.717, 1.165) is 30.7 Å². The Morgan fingerprint density at radius 2 is 2.06 bits per heavy atom. The van der Waals surface area contributed by atoms with Crippen LogP contribution >= 0.6 is 23.2 Å². The molecular weight excluding hydrogens is 463 g/mol. The number of rotatable bonds is 8. The number of nitrogens with one attached hydrogen (secondary N) is 1. The van der Waals surface area contributed by atoms with Crippen LogP contribution in [0.4, 0.5) is 0 Å². The number of aromatic nitrogens is 2. The van der Waals surface area contributed by atoms with Crippen molar-refractivity contribution in [1.82, 2.24) is 20.4 Å². The Morgan fingerprint density at radius 3 is 2.82 bits per heavy atom. The van der Waals surface area contributed by atoms with Crippen molar-refractivity contribution in [2.45, 2.75) is 32.9 Å². The molecule has 0 saturated carbocycles. The Labute approximate surface area is 203 Å². The van der Waals surface area contributed by atoms with Crippen LogP contribution in [-0.2, 0) is 17.9 Å². The van der Waals surface area contributed by atoms with Crippen LogP contribution in [0.15, 0.2) is 47.0 Å². The van der Waals surface area contributed by atoms with Gasteiger partial charge in [0, 0.05) is 23.7 Å². The second-order valence-electron chi connectivity index (χ2n) is 8.00. The number of piperidine rings is 1. The highest BCUT2D eigenvalue weighted by molar-refractivity contribution is 6.36. The summed E-state index contributed by atoms with van der Waals surface area (Å²) in [4.78, 5) is 19.4. The topological polar surface area (TPSA) is 80.5 Å². The number of carbonyl (C=O) groups is 1. The smallest absolute Gasteiger partial charge is 0.241 e. The number of hydrogen-bond acceptors (Lipinski definition) is 6. The van der Waals surface area contributed by atoms with Gasteiger partial charge in [0.25, 0.3) is 0 Å². The molecule has 7 nitrogen and oxygen atoms in total. The number of carbonyl (C=O) groups excluding carboxylic acids is 1. The van der Waals surface area contributed by atoms with E-state index >= 15 is 0 Å². The summed E-state index contributed by atoms with van der Waals surface area (Å²) in [5.41, 5.74) is 1.71. The minimum atomic E-state index is -0.0745. The molecule has 1 amide bonds. The van der Waals surface area contributed by atoms with Gasteiger partial charge in [0.15, 0.2) is 0 Å². The number of halogens is 2. The van der Waals surface area contributed by atoms with E-state index in [4.69, 9.17) is 32.5 Å². The zero-order valence-corrected chi connectivity index (χ0v) is 19.9. The third kappa shape index (κ3) is 6.25. The lowest BCUT2D eigenvalue weighted by Crippen LogP contribution is -2.42. The van der Waals surface area contributed by atoms with Crippen molar-refractivity contribution in [1.29, 1.82) is 0 Å². The molecule has 1 aliphatic rings. The first-order valence-corrected chi connectivity index (χ1v) is 11.8. The second kappa shape index (κ2) is 11.0. The molecule has 33 heavy (non-hydrogen) atoms. The first-order chi connectivity index (χ1) is 16.0. The maximum atomic E-state index is 12.8. The highest BCUT2D eigenvalue weighted by atomic mass is 35.5. The van der Waals surface area contributed by atoms with E-state index in [1.54, 1.807) is 18.2 Å². The van der Waals surface area contributed by atoms with Crippen LogP contribution in [0.3, 0.4) is 0 Å². The van der Waals surface area contributed by atoms with Crippen molar-refractivity contribution in [2.75, 3.05) is 19.7 Å². The summed E-state index contributed by atoms with van der Waals surface area (Å²) < 4.78 is 10.9. The Bertz CT molecular complexity index is 1090. The highest BCUT2D eigenvalue weighted by Crippen LogP contribution is 2.28. The molecule has 0 spiro atoms. The largest absolute Gasteiger partial charge is 0.494 e. The SMILES string of the molecule is CCOc1ccc(CNC(=O)C2CCCN(Cc3nc(-c4ccc(Cl)cc4Cl)no3)C2)cc1. The standard InChI is InChI=1S/C24H26Cl2N4O3/c1-2-32-19-8-5-16(6-9-19)13-27-24(31)17-4-3-11-30(14-17)15-22-28-23(29-33-22)20-10-7-18(25)12-21(20)26/h5-10,12,17H,2-4,11,13-15H2,1H3,(H,27,31). The van der Waals surface area contributed by atoms with Gasteiger partial charge in [-0.15, -0.1) is 0 Å². The molecule has 2 heterocycles. The van der Waals surface area contributed by atoms with E-state index in [0.29, 0.717) is 53.6 Å². The van der Waals surface area contributed by atoms with Gasteiger partial charge in [0.2, 0.25) is 17.6 Å². The average molecular weight is 489 g/mol. The molecule has 1 fully saturated rings. The van der Waals surface area contributed by atoms with Crippen molar-refractivity contribution in [3.63, 3.8) is 0 Å². The van der Waals surface area contributed by atoms with Gasteiger partial charge < -0.3 is 14.6 Å². The summed E-state index contributed by atoms with van der Waals surface area (Å²) >= 11 is 12.2. The molecule has 2 aromatic carbocycles. The minimum absolute atomic E-state index is 0.0627. The van der Waals surface area contributed by atoms with Gasteiger partial charge in [0.1, 0.15) is 5.75 Å². The van der Waals surface area contributed by atoms with E-state index in [1.165, 1.54) is 0 Å². The van der Waals surface area contributed by atoms with Gasteiger partial charge in [-0.05, 0) is 62.2 Å². The van der Waals surface area contributed by atoms with Crippen molar-refractivity contribution >= 4 is 29.1 Å². The van der Waals surface area contributed by atoms with Crippen LogP contribution in [-0.4, -0.2) is 40.6 Å². The molecule has 0 radical (unpaired) electrons. The number of nitrogens with zero attached hydrogens (tertiary/aromatic N) is 3. The molecule has 9 heteroatoms. The van der Waals surface area contributed by atoms with Crippen molar-refractivity contribution < 1.29 is 14.1 Å². The molecule has 0 aliphatic carbocycles. The quantitative estimate of drug-likeness (QED) is 0.481. The Morgan fingerprint density at radius 1 is 1.24 bits per heavy atom. The predicted molar refractivity (Wildman–Crippen MR) is 127 cm³/mol. The van der Waals surface area contributed by atoms with E-state index in [-0.39, 0.29) is 11.8 Å². The molecule has 174 valence electrons. The number of amides is 1. The normalized spacial score (nSPS) is 16.5. The minimum Gasteiger partial charge on any atom is -0.494 e. The fourth-order valence-electron chi connectivity index (χ4n) is 3.91. The zero-order valence-electron chi connectivity index (χ0n) is 18.4. The summed E-state index contributed by atoms with van der Waals surface area (Å²) in [6.45, 7) is 5.09. The van der Waals surface area contributed by atoms with E-state index in [1.807, 2.05) is 31.2 Å². The molecule has 1 aromatic heterocycles. The molecule has 4 rings (SSSR count). The molecule has 1 aliphatic heterocycles. The van der Waals surface area contributed by atoms with Gasteiger partial charge in [0.05, 0.1) is 24.1 Å². The van der Waals surface area contributed by atoms with Crippen LogP contribution in [0, 0.1) is 5.92 Å². The van der Waals surface area contributed by atoms with Crippen LogP contribution in [0.5, 0.6) is 5.75 Å². The van der Waals surface area contributed by atoms with Crippen LogP contribution < -0.4 is 10.1 Å². The molecule has 1 saturated heterocycles. The lowest BCUT2D eigenvalue weighted by Gasteiger charge is -2.30. The van der Waals surface area contributed by atoms with Gasteiger partial charge in [-0.2, -0.15) is 4.98 Å². The van der Waals surface area contributed by atoms with Crippen LogP contribution in [0.25, 0.3) is 11.4 Å². The van der Waals surface area contributed by atoms with Gasteiger partial charge in [-0.3, -0.25) is 9.69 Å². The van der Waals surface area contributed by atoms with Gasteiger partial charge in [-0.1, -0.05) is 40.5 Å². The summed E-state index contributed by atoms with van der Waals surface area (Å²) in [5.74, 6) is 1.74.